The molecule has 0 atom stereocenters. The molecule has 2 aromatic heterocycles. The number of benzene rings is 1. The standard InChI is InChI=1S/C20H18FN3O2/c1-26-13-6-7-14(15(21)11-13)17-18-16(3-2-8-22-18)24-10-9-23(12-4-5-12)20(25)19(17)24/h2-3,6-8,11-12H,4-5,9-10H2,1H3. The monoisotopic (exact) mass is 351 g/mol. The SMILES string of the molecule is COc1ccc(-c2c3n(c4cccnc24)CCN(C2CC2)C3=O)c(F)c1. The number of fused-ring (bicyclic) bond motifs is 3. The molecule has 26 heavy (non-hydrogen) atoms. The second-order valence-electron chi connectivity index (χ2n) is 6.82. The fraction of sp³-hybridized carbons (Fsp3) is 0.300. The lowest BCUT2D eigenvalue weighted by Gasteiger charge is -2.29. The maximum Gasteiger partial charge on any atom is 0.271 e. The molecular formula is C20H18FN3O2. The predicted molar refractivity (Wildman–Crippen MR) is 95.7 cm³/mol. The molecule has 0 unspecified atom stereocenters. The van der Waals surface area contributed by atoms with Crippen LogP contribution in [0.5, 0.6) is 5.75 Å². The first-order valence-electron chi connectivity index (χ1n) is 8.81. The van der Waals surface area contributed by atoms with Gasteiger partial charge in [0.1, 0.15) is 17.3 Å². The van der Waals surface area contributed by atoms with Crippen LogP contribution in [0.1, 0.15) is 23.3 Å². The van der Waals surface area contributed by atoms with Crippen LogP contribution >= 0.6 is 0 Å². The van der Waals surface area contributed by atoms with E-state index in [1.165, 1.54) is 13.2 Å². The number of hydrogen-bond acceptors (Lipinski definition) is 3. The van der Waals surface area contributed by atoms with Gasteiger partial charge in [0.2, 0.25) is 0 Å². The Kier molecular flexibility index (Phi) is 3.29. The number of carbonyl (C=O) groups is 1. The van der Waals surface area contributed by atoms with E-state index < -0.39 is 5.82 Å². The number of carbonyl (C=O) groups excluding carboxylic acids is 1. The predicted octanol–water partition coefficient (Wildman–Crippen LogP) is 3.47. The Morgan fingerprint density at radius 1 is 1.23 bits per heavy atom. The number of aromatic nitrogens is 2. The average molecular weight is 351 g/mol. The quantitative estimate of drug-likeness (QED) is 0.726. The first kappa shape index (κ1) is 15.4. The molecule has 5 nitrogen and oxygen atoms in total. The zero-order valence-corrected chi connectivity index (χ0v) is 14.4. The van der Waals surface area contributed by atoms with E-state index >= 15 is 0 Å². The molecule has 0 spiro atoms. The van der Waals surface area contributed by atoms with Crippen LogP contribution in [0.2, 0.25) is 0 Å². The number of nitrogens with zero attached hydrogens (tertiary/aromatic N) is 3. The Labute approximate surface area is 150 Å². The number of ether oxygens (including phenoxy) is 1. The molecule has 1 fully saturated rings. The van der Waals surface area contributed by atoms with Crippen LogP contribution in [-0.4, -0.2) is 40.1 Å². The minimum absolute atomic E-state index is 0.0260. The van der Waals surface area contributed by atoms with Crippen molar-refractivity contribution in [1.82, 2.24) is 14.5 Å². The molecule has 1 amide bonds. The highest BCUT2D eigenvalue weighted by Crippen LogP contribution is 2.40. The summed E-state index contributed by atoms with van der Waals surface area (Å²) in [7, 11) is 1.50. The van der Waals surface area contributed by atoms with E-state index in [1.54, 1.807) is 18.3 Å². The van der Waals surface area contributed by atoms with Gasteiger partial charge < -0.3 is 14.2 Å². The van der Waals surface area contributed by atoms with Crippen molar-refractivity contribution in [2.45, 2.75) is 25.4 Å². The van der Waals surface area contributed by atoms with Gasteiger partial charge in [-0.2, -0.15) is 0 Å². The fourth-order valence-electron chi connectivity index (χ4n) is 3.89. The first-order valence-corrected chi connectivity index (χ1v) is 8.81. The summed E-state index contributed by atoms with van der Waals surface area (Å²) < 4.78 is 21.9. The zero-order chi connectivity index (χ0) is 17.8. The lowest BCUT2D eigenvalue weighted by molar-refractivity contribution is 0.0694. The van der Waals surface area contributed by atoms with Crippen LogP contribution in [0.3, 0.4) is 0 Å². The van der Waals surface area contributed by atoms with Crippen LogP contribution in [-0.2, 0) is 6.54 Å². The van der Waals surface area contributed by atoms with E-state index in [2.05, 4.69) is 4.98 Å². The van der Waals surface area contributed by atoms with Crippen molar-refractivity contribution in [2.24, 2.45) is 0 Å². The molecule has 0 radical (unpaired) electrons. The molecule has 0 saturated heterocycles. The van der Waals surface area contributed by atoms with Gasteiger partial charge in [0.25, 0.3) is 5.91 Å². The third-order valence-electron chi connectivity index (χ3n) is 5.28. The summed E-state index contributed by atoms with van der Waals surface area (Å²) in [4.78, 5) is 19.6. The first-order chi connectivity index (χ1) is 12.7. The molecule has 6 heteroatoms. The van der Waals surface area contributed by atoms with Crippen molar-refractivity contribution in [3.05, 3.63) is 48.0 Å². The third kappa shape index (κ3) is 2.14. The third-order valence-corrected chi connectivity index (χ3v) is 5.28. The molecule has 3 heterocycles. The lowest BCUT2D eigenvalue weighted by atomic mass is 10.0. The van der Waals surface area contributed by atoms with Crippen LogP contribution in [0, 0.1) is 5.82 Å². The van der Waals surface area contributed by atoms with E-state index in [-0.39, 0.29) is 5.91 Å². The van der Waals surface area contributed by atoms with Crippen molar-refractivity contribution >= 4 is 16.9 Å². The number of halogens is 1. The van der Waals surface area contributed by atoms with Crippen molar-refractivity contribution < 1.29 is 13.9 Å². The summed E-state index contributed by atoms with van der Waals surface area (Å²) in [5, 5.41) is 0. The molecule has 1 saturated carbocycles. The van der Waals surface area contributed by atoms with Crippen LogP contribution in [0.4, 0.5) is 4.39 Å². The van der Waals surface area contributed by atoms with Crippen molar-refractivity contribution in [3.63, 3.8) is 0 Å². The van der Waals surface area contributed by atoms with Gasteiger partial charge in [-0.15, -0.1) is 0 Å². The summed E-state index contributed by atoms with van der Waals surface area (Å²) in [5.74, 6) is 0.00569. The van der Waals surface area contributed by atoms with Gasteiger partial charge in [-0.3, -0.25) is 9.78 Å². The molecule has 1 aliphatic carbocycles. The molecule has 132 valence electrons. The minimum atomic E-state index is -0.415. The fourth-order valence-corrected chi connectivity index (χ4v) is 3.89. The second-order valence-corrected chi connectivity index (χ2v) is 6.82. The number of amides is 1. The van der Waals surface area contributed by atoms with E-state index in [1.807, 2.05) is 21.6 Å². The second kappa shape index (κ2) is 5.56. The number of hydrogen-bond donors (Lipinski definition) is 0. The van der Waals surface area contributed by atoms with Crippen LogP contribution in [0.15, 0.2) is 36.5 Å². The number of rotatable bonds is 3. The Bertz CT molecular complexity index is 1040. The zero-order valence-electron chi connectivity index (χ0n) is 14.4. The largest absolute Gasteiger partial charge is 0.497 e. The topological polar surface area (TPSA) is 47.4 Å². The van der Waals surface area contributed by atoms with Gasteiger partial charge in [-0.25, -0.2) is 4.39 Å². The lowest BCUT2D eigenvalue weighted by Crippen LogP contribution is -2.41. The highest BCUT2D eigenvalue weighted by molar-refractivity contribution is 6.09. The average Bonchev–Trinajstić information content (AvgIpc) is 3.44. The maximum absolute atomic E-state index is 14.9. The summed E-state index contributed by atoms with van der Waals surface area (Å²) in [6.07, 6.45) is 3.79. The van der Waals surface area contributed by atoms with Crippen LogP contribution in [0.25, 0.3) is 22.2 Å². The van der Waals surface area contributed by atoms with Crippen LogP contribution < -0.4 is 4.74 Å². The normalized spacial score (nSPS) is 16.8. The number of pyridine rings is 1. The summed E-state index contributed by atoms with van der Waals surface area (Å²) in [6, 6.07) is 8.85. The van der Waals surface area contributed by atoms with Gasteiger partial charge in [0.15, 0.2) is 0 Å². The molecule has 2 aliphatic rings. The molecule has 0 bridgehead atoms. The highest BCUT2D eigenvalue weighted by Gasteiger charge is 2.39. The highest BCUT2D eigenvalue weighted by atomic mass is 19.1. The molecule has 5 rings (SSSR count). The van der Waals surface area contributed by atoms with Crippen molar-refractivity contribution in [1.29, 1.82) is 0 Å². The van der Waals surface area contributed by atoms with Gasteiger partial charge in [0, 0.05) is 42.5 Å². The molecule has 1 aromatic carbocycles. The van der Waals surface area contributed by atoms with E-state index in [4.69, 9.17) is 4.74 Å². The number of methoxy groups -OCH3 is 1. The molecular weight excluding hydrogens is 333 g/mol. The smallest absolute Gasteiger partial charge is 0.271 e. The van der Waals surface area contributed by atoms with Gasteiger partial charge in [-0.1, -0.05) is 0 Å². The van der Waals surface area contributed by atoms with Crippen molar-refractivity contribution in [3.8, 4) is 16.9 Å². The summed E-state index contributed by atoms with van der Waals surface area (Å²) in [5.41, 5.74) is 3.04. The summed E-state index contributed by atoms with van der Waals surface area (Å²) >= 11 is 0. The minimum Gasteiger partial charge on any atom is -0.497 e. The summed E-state index contributed by atoms with van der Waals surface area (Å²) in [6.45, 7) is 1.40. The van der Waals surface area contributed by atoms with E-state index in [0.29, 0.717) is 47.2 Å². The Morgan fingerprint density at radius 3 is 2.81 bits per heavy atom. The molecule has 1 aliphatic heterocycles. The van der Waals surface area contributed by atoms with Gasteiger partial charge in [-0.05, 0) is 37.1 Å². The Balaban J connectivity index is 1.78. The van der Waals surface area contributed by atoms with Gasteiger partial charge in [0.05, 0.1) is 18.1 Å². The van der Waals surface area contributed by atoms with Crippen molar-refractivity contribution in [2.75, 3.05) is 13.7 Å². The molecule has 3 aromatic rings. The molecule has 0 N–H and O–H groups in total. The van der Waals surface area contributed by atoms with E-state index in [9.17, 15) is 9.18 Å². The van der Waals surface area contributed by atoms with E-state index in [0.717, 1.165) is 18.4 Å². The Morgan fingerprint density at radius 2 is 2.08 bits per heavy atom. The van der Waals surface area contributed by atoms with Gasteiger partial charge >= 0.3 is 0 Å². The Hall–Kier alpha value is -2.89. The maximum atomic E-state index is 14.9.